The van der Waals surface area contributed by atoms with Gasteiger partial charge in [0.1, 0.15) is 0 Å². The minimum absolute atomic E-state index is 0.123. The molecule has 1 aliphatic carbocycles. The van der Waals surface area contributed by atoms with Crippen LogP contribution in [0.1, 0.15) is 42.5 Å². The number of halogens is 1. The first-order valence-corrected chi connectivity index (χ1v) is 13.2. The molecule has 29 heavy (non-hydrogen) atoms. The number of sulfonamides is 1. The van der Waals surface area contributed by atoms with E-state index >= 15 is 0 Å². The lowest BCUT2D eigenvalue weighted by atomic mass is 9.94. The van der Waals surface area contributed by atoms with Gasteiger partial charge in [0.15, 0.2) is 0 Å². The Morgan fingerprint density at radius 1 is 1.24 bits per heavy atom. The molecule has 1 N–H and O–H groups in total. The van der Waals surface area contributed by atoms with Crippen LogP contribution in [0.5, 0.6) is 0 Å². The van der Waals surface area contributed by atoms with Crippen molar-refractivity contribution in [1.82, 2.24) is 14.5 Å². The van der Waals surface area contributed by atoms with E-state index in [4.69, 9.17) is 11.6 Å². The van der Waals surface area contributed by atoms with Crippen molar-refractivity contribution in [2.45, 2.75) is 43.0 Å². The second-order valence-corrected chi connectivity index (χ2v) is 11.3. The molecule has 0 unspecified atom stereocenters. The molecule has 2 fully saturated rings. The first kappa shape index (κ1) is 22.9. The first-order chi connectivity index (χ1) is 13.9. The number of hydrogen-bond acceptors (Lipinski definition) is 5. The molecule has 1 amide bonds. The maximum atomic E-state index is 12.9. The molecule has 3 rings (SSSR count). The van der Waals surface area contributed by atoms with E-state index in [9.17, 15) is 13.2 Å². The van der Waals surface area contributed by atoms with Crippen LogP contribution >= 0.6 is 23.4 Å². The molecule has 1 heterocycles. The van der Waals surface area contributed by atoms with Gasteiger partial charge in [0.25, 0.3) is 5.91 Å². The predicted octanol–water partition coefficient (Wildman–Crippen LogP) is 3.07. The predicted molar refractivity (Wildman–Crippen MR) is 119 cm³/mol. The largest absolute Gasteiger partial charge is 0.351 e. The maximum absolute atomic E-state index is 12.9. The monoisotopic (exact) mass is 459 g/mol. The van der Waals surface area contributed by atoms with Gasteiger partial charge >= 0.3 is 0 Å². The Balaban J connectivity index is 1.62. The van der Waals surface area contributed by atoms with Gasteiger partial charge < -0.3 is 10.2 Å². The van der Waals surface area contributed by atoms with E-state index in [0.29, 0.717) is 25.7 Å². The third kappa shape index (κ3) is 5.88. The fourth-order valence-corrected chi connectivity index (χ4v) is 6.73. The van der Waals surface area contributed by atoms with Gasteiger partial charge in [-0.1, -0.05) is 30.9 Å². The summed E-state index contributed by atoms with van der Waals surface area (Å²) < 4.78 is 27.3. The summed E-state index contributed by atoms with van der Waals surface area (Å²) in [5.74, 6) is 1.24. The molecule has 0 aromatic heterocycles. The highest BCUT2D eigenvalue weighted by molar-refractivity contribution is 7.99. The summed E-state index contributed by atoms with van der Waals surface area (Å²) in [6.45, 7) is 2.25. The highest BCUT2D eigenvalue weighted by Crippen LogP contribution is 2.25. The van der Waals surface area contributed by atoms with E-state index in [-0.39, 0.29) is 21.4 Å². The minimum atomic E-state index is -3.61. The fourth-order valence-electron chi connectivity index (χ4n) is 3.92. The van der Waals surface area contributed by atoms with Gasteiger partial charge in [-0.3, -0.25) is 4.79 Å². The molecular weight excluding hydrogens is 430 g/mol. The molecule has 1 aromatic carbocycles. The molecule has 1 aliphatic heterocycles. The summed E-state index contributed by atoms with van der Waals surface area (Å²) in [5, 5.41) is 3.15. The van der Waals surface area contributed by atoms with Gasteiger partial charge in [0.05, 0.1) is 15.5 Å². The number of likely N-dealkylation sites (N-methyl/N-ethyl adjacent to an activating group) is 1. The fraction of sp³-hybridized carbons (Fsp3) is 0.650. The van der Waals surface area contributed by atoms with Crippen molar-refractivity contribution in [3.63, 3.8) is 0 Å². The average Bonchev–Trinajstić information content (AvgIpc) is 2.75. The van der Waals surface area contributed by atoms with E-state index in [2.05, 4.69) is 17.3 Å². The zero-order valence-corrected chi connectivity index (χ0v) is 19.3. The molecule has 0 radical (unpaired) electrons. The van der Waals surface area contributed by atoms with Crippen LogP contribution in [0, 0.1) is 0 Å². The highest BCUT2D eigenvalue weighted by atomic mass is 35.5. The molecule has 1 saturated heterocycles. The lowest BCUT2D eigenvalue weighted by Crippen LogP contribution is -2.39. The van der Waals surface area contributed by atoms with Crippen LogP contribution in [0.3, 0.4) is 0 Å². The van der Waals surface area contributed by atoms with Gasteiger partial charge in [0.2, 0.25) is 10.0 Å². The van der Waals surface area contributed by atoms with Crippen LogP contribution in [0.4, 0.5) is 0 Å². The topological polar surface area (TPSA) is 69.7 Å². The van der Waals surface area contributed by atoms with Crippen LogP contribution in [-0.4, -0.2) is 74.3 Å². The minimum Gasteiger partial charge on any atom is -0.351 e. The third-order valence-corrected chi connectivity index (χ3v) is 8.91. The summed E-state index contributed by atoms with van der Waals surface area (Å²) in [6.07, 6.45) is 6.29. The Morgan fingerprint density at radius 2 is 1.93 bits per heavy atom. The Labute approximate surface area is 183 Å². The summed E-state index contributed by atoms with van der Waals surface area (Å²) in [6, 6.07) is 4.96. The SMILES string of the molecule is CN(CCNC(=O)c1cc(S(=O)(=O)N2CCSCC2)ccc1Cl)C1CCCCC1. The molecule has 0 bridgehead atoms. The molecule has 162 valence electrons. The number of benzene rings is 1. The van der Waals surface area contributed by atoms with Crippen molar-refractivity contribution in [3.8, 4) is 0 Å². The van der Waals surface area contributed by atoms with Gasteiger partial charge in [-0.05, 0) is 38.1 Å². The number of amides is 1. The number of nitrogens with one attached hydrogen (secondary N) is 1. The zero-order chi connectivity index (χ0) is 20.9. The number of carbonyl (C=O) groups is 1. The second-order valence-electron chi connectivity index (χ2n) is 7.69. The lowest BCUT2D eigenvalue weighted by molar-refractivity contribution is 0.0944. The molecule has 9 heteroatoms. The number of nitrogens with zero attached hydrogens (tertiary/aromatic N) is 2. The third-order valence-electron chi connectivity index (χ3n) is 5.74. The van der Waals surface area contributed by atoms with E-state index in [1.54, 1.807) is 11.8 Å². The zero-order valence-electron chi connectivity index (χ0n) is 16.9. The van der Waals surface area contributed by atoms with Crippen LogP contribution < -0.4 is 5.32 Å². The molecule has 1 saturated carbocycles. The normalized spacial score (nSPS) is 19.4. The number of rotatable bonds is 7. The van der Waals surface area contributed by atoms with Crippen molar-refractivity contribution in [1.29, 1.82) is 0 Å². The van der Waals surface area contributed by atoms with Crippen molar-refractivity contribution in [2.24, 2.45) is 0 Å². The maximum Gasteiger partial charge on any atom is 0.252 e. The summed E-state index contributed by atoms with van der Waals surface area (Å²) in [4.78, 5) is 15.1. The Hall–Kier alpha value is -0.800. The van der Waals surface area contributed by atoms with Crippen molar-refractivity contribution in [3.05, 3.63) is 28.8 Å². The standard InChI is InChI=1S/C20H30ClN3O3S2/c1-23(16-5-3-2-4-6-16)10-9-22-20(25)18-15-17(7-8-19(18)21)29(26,27)24-11-13-28-14-12-24/h7-8,15-16H,2-6,9-14H2,1H3,(H,22,25). The van der Waals surface area contributed by atoms with Crippen LogP contribution in [0.15, 0.2) is 23.1 Å². The van der Waals surface area contributed by atoms with Crippen molar-refractivity contribution in [2.75, 3.05) is 44.7 Å². The van der Waals surface area contributed by atoms with Crippen LogP contribution in [-0.2, 0) is 10.0 Å². The molecular formula is C20H30ClN3O3S2. The van der Waals surface area contributed by atoms with E-state index in [1.165, 1.54) is 54.6 Å². The molecule has 0 atom stereocenters. The smallest absolute Gasteiger partial charge is 0.252 e. The van der Waals surface area contributed by atoms with Crippen LogP contribution in [0.25, 0.3) is 0 Å². The number of thioether (sulfide) groups is 1. The second kappa shape index (κ2) is 10.5. The van der Waals surface area contributed by atoms with Gasteiger partial charge in [0, 0.05) is 43.7 Å². The van der Waals surface area contributed by atoms with Gasteiger partial charge in [-0.15, -0.1) is 0 Å². The summed E-state index contributed by atoms with van der Waals surface area (Å²) in [5.41, 5.74) is 0.208. The Morgan fingerprint density at radius 3 is 2.62 bits per heavy atom. The van der Waals surface area contributed by atoms with E-state index in [0.717, 1.165) is 18.1 Å². The molecule has 1 aromatic rings. The van der Waals surface area contributed by atoms with E-state index < -0.39 is 10.0 Å². The summed E-state index contributed by atoms with van der Waals surface area (Å²) >= 11 is 7.95. The Bertz CT molecular complexity index is 807. The quantitative estimate of drug-likeness (QED) is 0.678. The van der Waals surface area contributed by atoms with Gasteiger partial charge in [-0.25, -0.2) is 8.42 Å². The summed E-state index contributed by atoms with van der Waals surface area (Å²) in [7, 11) is -1.51. The molecule has 2 aliphatic rings. The van der Waals surface area contributed by atoms with Crippen molar-refractivity contribution < 1.29 is 13.2 Å². The molecule has 6 nitrogen and oxygen atoms in total. The van der Waals surface area contributed by atoms with E-state index in [1.807, 2.05) is 0 Å². The average molecular weight is 460 g/mol. The number of carbonyl (C=O) groups excluding carboxylic acids is 1. The van der Waals surface area contributed by atoms with Gasteiger partial charge in [-0.2, -0.15) is 16.1 Å². The molecule has 0 spiro atoms. The van der Waals surface area contributed by atoms with Crippen LogP contribution in [0.2, 0.25) is 5.02 Å². The highest BCUT2D eigenvalue weighted by Gasteiger charge is 2.27. The van der Waals surface area contributed by atoms with Crippen molar-refractivity contribution >= 4 is 39.3 Å². The Kier molecular flexibility index (Phi) is 8.27. The first-order valence-electron chi connectivity index (χ1n) is 10.3. The number of hydrogen-bond donors (Lipinski definition) is 1. The lowest BCUT2D eigenvalue weighted by Gasteiger charge is -2.31.